The number of halogens is 1. The van der Waals surface area contributed by atoms with Crippen molar-refractivity contribution in [1.29, 1.82) is 0 Å². The van der Waals surface area contributed by atoms with Gasteiger partial charge in [-0.25, -0.2) is 4.79 Å². The maximum atomic E-state index is 11.5. The number of hydrogen-bond donors (Lipinski definition) is 1. The number of esters is 1. The molecule has 0 aliphatic rings. The molecule has 0 radical (unpaired) electrons. The molecule has 3 nitrogen and oxygen atoms in total. The summed E-state index contributed by atoms with van der Waals surface area (Å²) in [6, 6.07) is 5.31. The van der Waals surface area contributed by atoms with E-state index in [-0.39, 0.29) is 0 Å². The summed E-state index contributed by atoms with van der Waals surface area (Å²) >= 11 is 5.94. The molecule has 0 atom stereocenters. The van der Waals surface area contributed by atoms with Crippen LogP contribution in [0.3, 0.4) is 0 Å². The molecule has 0 aliphatic carbocycles. The molecular formula is C14H20ClNO2. The van der Waals surface area contributed by atoms with Gasteiger partial charge in [0, 0.05) is 12.2 Å². The van der Waals surface area contributed by atoms with E-state index in [4.69, 9.17) is 11.6 Å². The van der Waals surface area contributed by atoms with Gasteiger partial charge in [-0.15, -0.1) is 0 Å². The van der Waals surface area contributed by atoms with Gasteiger partial charge in [0.15, 0.2) is 0 Å². The molecule has 4 heteroatoms. The molecule has 0 aromatic heterocycles. The minimum atomic E-state index is -0.408. The Kier molecular flexibility index (Phi) is 6.58. The Labute approximate surface area is 113 Å². The molecule has 0 fully saturated rings. The average molecular weight is 270 g/mol. The van der Waals surface area contributed by atoms with Crippen LogP contribution in [0, 0.1) is 0 Å². The van der Waals surface area contributed by atoms with Crippen LogP contribution < -0.4 is 5.32 Å². The second-order valence-corrected chi connectivity index (χ2v) is 4.58. The Balaban J connectivity index is 2.54. The molecule has 1 N–H and O–H groups in total. The maximum Gasteiger partial charge on any atom is 0.339 e. The molecule has 1 aromatic rings. The van der Waals surface area contributed by atoms with Crippen molar-refractivity contribution in [2.45, 2.75) is 32.6 Å². The summed E-state index contributed by atoms with van der Waals surface area (Å²) in [5.74, 6) is -0.408. The zero-order valence-electron chi connectivity index (χ0n) is 11.0. The Morgan fingerprint density at radius 2 is 2.11 bits per heavy atom. The van der Waals surface area contributed by atoms with Gasteiger partial charge in [-0.2, -0.15) is 0 Å². The first kappa shape index (κ1) is 14.8. The van der Waals surface area contributed by atoms with Gasteiger partial charge in [-0.05, 0) is 24.6 Å². The van der Waals surface area contributed by atoms with E-state index in [1.165, 1.54) is 26.4 Å². The standard InChI is InChI=1S/C14H20ClNO2/c1-3-4-5-6-9-16-11-7-8-13(15)12(10-11)14(17)18-2/h7-8,10,16H,3-6,9H2,1-2H3. The third-order valence-electron chi connectivity index (χ3n) is 2.73. The number of benzene rings is 1. The predicted octanol–water partition coefficient (Wildman–Crippen LogP) is 4.12. The number of unbranched alkanes of at least 4 members (excludes halogenated alkanes) is 3. The summed E-state index contributed by atoms with van der Waals surface area (Å²) in [5.41, 5.74) is 1.30. The van der Waals surface area contributed by atoms with E-state index in [0.29, 0.717) is 10.6 Å². The number of carbonyl (C=O) groups excluding carboxylic acids is 1. The van der Waals surface area contributed by atoms with Gasteiger partial charge in [0.25, 0.3) is 0 Å². The number of anilines is 1. The number of hydrogen-bond acceptors (Lipinski definition) is 3. The Morgan fingerprint density at radius 3 is 2.78 bits per heavy atom. The van der Waals surface area contributed by atoms with E-state index < -0.39 is 5.97 Å². The van der Waals surface area contributed by atoms with Crippen LogP contribution in [0.5, 0.6) is 0 Å². The molecule has 0 heterocycles. The fourth-order valence-electron chi connectivity index (χ4n) is 1.69. The summed E-state index contributed by atoms with van der Waals surface area (Å²) in [6.07, 6.45) is 4.84. The van der Waals surface area contributed by atoms with Crippen molar-refractivity contribution in [3.8, 4) is 0 Å². The second kappa shape index (κ2) is 7.98. The van der Waals surface area contributed by atoms with E-state index in [2.05, 4.69) is 17.0 Å². The van der Waals surface area contributed by atoms with Gasteiger partial charge < -0.3 is 10.1 Å². The van der Waals surface area contributed by atoms with E-state index in [1.807, 2.05) is 6.07 Å². The highest BCUT2D eigenvalue weighted by atomic mass is 35.5. The number of carbonyl (C=O) groups is 1. The highest BCUT2D eigenvalue weighted by Gasteiger charge is 2.10. The molecule has 0 spiro atoms. The minimum absolute atomic E-state index is 0.401. The molecule has 0 unspecified atom stereocenters. The summed E-state index contributed by atoms with van der Waals surface area (Å²) in [6.45, 7) is 3.09. The smallest absolute Gasteiger partial charge is 0.339 e. The molecular weight excluding hydrogens is 250 g/mol. The van der Waals surface area contributed by atoms with Crippen molar-refractivity contribution in [3.05, 3.63) is 28.8 Å². The molecule has 0 saturated carbocycles. The molecule has 0 aliphatic heterocycles. The lowest BCUT2D eigenvalue weighted by atomic mass is 10.2. The first-order valence-corrected chi connectivity index (χ1v) is 6.68. The first-order chi connectivity index (χ1) is 8.69. The first-order valence-electron chi connectivity index (χ1n) is 6.30. The van der Waals surface area contributed by atoms with Gasteiger partial charge in [-0.1, -0.05) is 37.8 Å². The van der Waals surface area contributed by atoms with Gasteiger partial charge in [0.05, 0.1) is 17.7 Å². The van der Waals surface area contributed by atoms with Crippen LogP contribution in [0.15, 0.2) is 18.2 Å². The maximum absolute atomic E-state index is 11.5. The number of nitrogens with one attached hydrogen (secondary N) is 1. The van der Waals surface area contributed by atoms with E-state index in [0.717, 1.165) is 18.7 Å². The van der Waals surface area contributed by atoms with Gasteiger partial charge in [0.2, 0.25) is 0 Å². The largest absolute Gasteiger partial charge is 0.465 e. The summed E-state index contributed by atoms with van der Waals surface area (Å²) in [7, 11) is 1.35. The van der Waals surface area contributed by atoms with Crippen LogP contribution in [0.4, 0.5) is 5.69 Å². The van der Waals surface area contributed by atoms with Crippen molar-refractivity contribution in [3.63, 3.8) is 0 Å². The lowest BCUT2D eigenvalue weighted by molar-refractivity contribution is 0.0601. The molecule has 0 amide bonds. The third kappa shape index (κ3) is 4.57. The monoisotopic (exact) mass is 269 g/mol. The van der Waals surface area contributed by atoms with Crippen molar-refractivity contribution < 1.29 is 9.53 Å². The van der Waals surface area contributed by atoms with Crippen LogP contribution in [0.25, 0.3) is 0 Å². The fourth-order valence-corrected chi connectivity index (χ4v) is 1.88. The topological polar surface area (TPSA) is 38.3 Å². The fraction of sp³-hybridized carbons (Fsp3) is 0.500. The lowest BCUT2D eigenvalue weighted by Crippen LogP contribution is -2.05. The molecule has 100 valence electrons. The highest BCUT2D eigenvalue weighted by molar-refractivity contribution is 6.33. The van der Waals surface area contributed by atoms with E-state index >= 15 is 0 Å². The second-order valence-electron chi connectivity index (χ2n) is 4.17. The SMILES string of the molecule is CCCCCCNc1ccc(Cl)c(C(=O)OC)c1. The Hall–Kier alpha value is -1.22. The van der Waals surface area contributed by atoms with Crippen LogP contribution in [-0.2, 0) is 4.74 Å². The molecule has 18 heavy (non-hydrogen) atoms. The molecule has 1 rings (SSSR count). The zero-order valence-corrected chi connectivity index (χ0v) is 11.7. The zero-order chi connectivity index (χ0) is 13.4. The molecule has 1 aromatic carbocycles. The predicted molar refractivity (Wildman–Crippen MR) is 75.4 cm³/mol. The number of methoxy groups -OCH3 is 1. The average Bonchev–Trinajstić information content (AvgIpc) is 2.39. The van der Waals surface area contributed by atoms with Crippen LogP contribution in [-0.4, -0.2) is 19.6 Å². The minimum Gasteiger partial charge on any atom is -0.465 e. The van der Waals surface area contributed by atoms with Gasteiger partial charge in [0.1, 0.15) is 0 Å². The normalized spacial score (nSPS) is 10.2. The summed E-state index contributed by atoms with van der Waals surface area (Å²) < 4.78 is 4.68. The van der Waals surface area contributed by atoms with Crippen molar-refractivity contribution in [1.82, 2.24) is 0 Å². The van der Waals surface area contributed by atoms with E-state index in [1.54, 1.807) is 12.1 Å². The Bertz CT molecular complexity index is 393. The van der Waals surface area contributed by atoms with Crippen LogP contribution in [0.2, 0.25) is 5.02 Å². The van der Waals surface area contributed by atoms with Crippen molar-refractivity contribution >= 4 is 23.3 Å². The summed E-state index contributed by atoms with van der Waals surface area (Å²) in [5, 5.41) is 3.70. The van der Waals surface area contributed by atoms with Gasteiger partial charge in [-0.3, -0.25) is 0 Å². The van der Waals surface area contributed by atoms with Crippen LogP contribution in [0.1, 0.15) is 43.0 Å². The highest BCUT2D eigenvalue weighted by Crippen LogP contribution is 2.21. The van der Waals surface area contributed by atoms with Crippen molar-refractivity contribution in [2.75, 3.05) is 19.0 Å². The van der Waals surface area contributed by atoms with Crippen molar-refractivity contribution in [2.24, 2.45) is 0 Å². The Morgan fingerprint density at radius 1 is 1.33 bits per heavy atom. The third-order valence-corrected chi connectivity index (χ3v) is 3.06. The number of rotatable bonds is 7. The van der Waals surface area contributed by atoms with E-state index in [9.17, 15) is 4.79 Å². The van der Waals surface area contributed by atoms with Gasteiger partial charge >= 0.3 is 5.97 Å². The molecule has 0 saturated heterocycles. The quantitative estimate of drug-likeness (QED) is 0.598. The lowest BCUT2D eigenvalue weighted by Gasteiger charge is -2.08. The van der Waals surface area contributed by atoms with Crippen LogP contribution >= 0.6 is 11.6 Å². The summed E-state index contributed by atoms with van der Waals surface area (Å²) in [4.78, 5) is 11.5. The molecule has 0 bridgehead atoms. The number of ether oxygens (including phenoxy) is 1.